The van der Waals surface area contributed by atoms with E-state index in [2.05, 4.69) is 43.3 Å². The third kappa shape index (κ3) is 4.04. The lowest BCUT2D eigenvalue weighted by Crippen LogP contribution is -2.39. The second-order valence-electron chi connectivity index (χ2n) is 6.43. The fraction of sp³-hybridized carbons (Fsp3) is 0.250. The van der Waals surface area contributed by atoms with E-state index in [1.807, 2.05) is 34.5 Å². The number of benzene rings is 1. The third-order valence-electron chi connectivity index (χ3n) is 4.69. The van der Waals surface area contributed by atoms with E-state index in [1.54, 1.807) is 23.7 Å². The minimum absolute atomic E-state index is 0.108. The zero-order chi connectivity index (χ0) is 18.6. The second kappa shape index (κ2) is 8.19. The first-order valence-electron chi connectivity index (χ1n) is 8.87. The van der Waals surface area contributed by atoms with Crippen molar-refractivity contribution in [1.29, 1.82) is 0 Å². The zero-order valence-corrected chi connectivity index (χ0v) is 17.0. The Bertz CT molecular complexity index is 913. The van der Waals surface area contributed by atoms with Gasteiger partial charge in [0.1, 0.15) is 0 Å². The Morgan fingerprint density at radius 2 is 2.00 bits per heavy atom. The zero-order valence-electron chi connectivity index (χ0n) is 14.6. The van der Waals surface area contributed by atoms with Crippen LogP contribution in [-0.4, -0.2) is 39.9 Å². The maximum Gasteiger partial charge on any atom is 0.255 e. The van der Waals surface area contributed by atoms with E-state index >= 15 is 0 Å². The molecule has 1 aliphatic heterocycles. The van der Waals surface area contributed by atoms with Crippen LogP contribution in [0.1, 0.15) is 23.2 Å². The summed E-state index contributed by atoms with van der Waals surface area (Å²) in [4.78, 5) is 24.7. The van der Waals surface area contributed by atoms with Crippen molar-refractivity contribution >= 4 is 39.1 Å². The molecule has 1 amide bonds. The molecule has 4 rings (SSSR count). The Morgan fingerprint density at radius 3 is 2.78 bits per heavy atom. The molecule has 0 radical (unpaired) electrons. The quantitative estimate of drug-likeness (QED) is 0.622. The van der Waals surface area contributed by atoms with Gasteiger partial charge in [-0.25, -0.2) is 9.97 Å². The lowest BCUT2D eigenvalue weighted by molar-refractivity contribution is 0.0745. The van der Waals surface area contributed by atoms with E-state index < -0.39 is 0 Å². The molecule has 2 aromatic heterocycles. The van der Waals surface area contributed by atoms with Crippen LogP contribution in [0, 0.1) is 0 Å². The highest BCUT2D eigenvalue weighted by Crippen LogP contribution is 2.32. The molecule has 3 aromatic rings. The van der Waals surface area contributed by atoms with Gasteiger partial charge in [0.2, 0.25) is 5.95 Å². The van der Waals surface area contributed by atoms with Gasteiger partial charge in [-0.1, -0.05) is 30.3 Å². The lowest BCUT2D eigenvalue weighted by Gasteiger charge is -2.25. The van der Waals surface area contributed by atoms with Crippen LogP contribution < -0.4 is 5.32 Å². The molecule has 0 aliphatic carbocycles. The number of carbonyl (C=O) groups is 1. The predicted octanol–water partition coefficient (Wildman–Crippen LogP) is 4.68. The minimum atomic E-state index is 0.108. The molecule has 1 unspecified atom stereocenters. The summed E-state index contributed by atoms with van der Waals surface area (Å²) in [5.41, 5.74) is 1.88. The summed E-state index contributed by atoms with van der Waals surface area (Å²) >= 11 is 4.95. The molecule has 3 heterocycles. The molecular weight excluding hydrogens is 424 g/mol. The number of likely N-dealkylation sites (tertiary alicyclic amines) is 1. The molecule has 7 heteroatoms. The monoisotopic (exact) mass is 442 g/mol. The summed E-state index contributed by atoms with van der Waals surface area (Å²) in [5.74, 6) is 0.689. The van der Waals surface area contributed by atoms with Crippen molar-refractivity contribution in [3.8, 4) is 10.4 Å². The molecule has 138 valence electrons. The highest BCUT2D eigenvalue weighted by Gasteiger charge is 2.31. The first-order valence-corrected chi connectivity index (χ1v) is 10.5. The molecule has 5 nitrogen and oxygen atoms in total. The van der Waals surface area contributed by atoms with Gasteiger partial charge in [-0.05, 0) is 45.8 Å². The van der Waals surface area contributed by atoms with Gasteiger partial charge in [-0.2, -0.15) is 0 Å². The number of nitrogens with zero attached hydrogens (tertiary/aromatic N) is 3. The Hall–Kier alpha value is -2.25. The minimum Gasteiger partial charge on any atom is -0.352 e. The smallest absolute Gasteiger partial charge is 0.255 e. The van der Waals surface area contributed by atoms with Crippen LogP contribution in [0.2, 0.25) is 0 Å². The number of nitrogens with one attached hydrogen (secondary N) is 1. The van der Waals surface area contributed by atoms with Gasteiger partial charge in [-0.3, -0.25) is 4.79 Å². The number of thiophene rings is 1. The maximum absolute atomic E-state index is 13.2. The van der Waals surface area contributed by atoms with Crippen LogP contribution in [0.15, 0.2) is 58.6 Å². The molecule has 1 fully saturated rings. The van der Waals surface area contributed by atoms with Gasteiger partial charge in [0.15, 0.2) is 0 Å². The van der Waals surface area contributed by atoms with Crippen LogP contribution in [0.25, 0.3) is 10.4 Å². The SMILES string of the molecule is O=C(c1ccsc1-c1ccccc1)N1CCCC1CNc1ncc(Br)cn1. The standard InChI is InChI=1S/C20H19BrN4OS/c21-15-11-22-20(23-12-15)24-13-16-7-4-9-25(16)19(26)17-8-10-27-18(17)14-5-2-1-3-6-14/h1-3,5-6,8,10-12,16H,4,7,9,13H2,(H,22,23,24). The average molecular weight is 443 g/mol. The van der Waals surface area contributed by atoms with Crippen LogP contribution in [-0.2, 0) is 0 Å². The highest BCUT2D eigenvalue weighted by molar-refractivity contribution is 9.10. The van der Waals surface area contributed by atoms with E-state index in [4.69, 9.17) is 0 Å². The number of amides is 1. The first-order chi connectivity index (χ1) is 13.2. The van der Waals surface area contributed by atoms with Crippen LogP contribution in [0.4, 0.5) is 5.95 Å². The molecule has 1 aromatic carbocycles. The molecule has 1 aliphatic rings. The van der Waals surface area contributed by atoms with Crippen molar-refractivity contribution in [3.63, 3.8) is 0 Å². The van der Waals surface area contributed by atoms with Crippen LogP contribution >= 0.6 is 27.3 Å². The molecule has 0 spiro atoms. The maximum atomic E-state index is 13.2. The average Bonchev–Trinajstić information content (AvgIpc) is 3.37. The van der Waals surface area contributed by atoms with Crippen molar-refractivity contribution in [2.24, 2.45) is 0 Å². The van der Waals surface area contributed by atoms with Crippen molar-refractivity contribution < 1.29 is 4.79 Å². The van der Waals surface area contributed by atoms with Gasteiger partial charge in [-0.15, -0.1) is 11.3 Å². The fourth-order valence-electron chi connectivity index (χ4n) is 3.37. The summed E-state index contributed by atoms with van der Waals surface area (Å²) in [7, 11) is 0. The van der Waals surface area contributed by atoms with E-state index in [1.165, 1.54) is 0 Å². The molecule has 27 heavy (non-hydrogen) atoms. The normalized spacial score (nSPS) is 16.5. The summed E-state index contributed by atoms with van der Waals surface area (Å²) in [6.45, 7) is 1.44. The Morgan fingerprint density at radius 1 is 1.22 bits per heavy atom. The Balaban J connectivity index is 1.48. The number of carbonyl (C=O) groups excluding carboxylic acids is 1. The van der Waals surface area contributed by atoms with Gasteiger partial charge in [0, 0.05) is 36.4 Å². The van der Waals surface area contributed by atoms with Gasteiger partial charge in [0.25, 0.3) is 5.91 Å². The highest BCUT2D eigenvalue weighted by atomic mass is 79.9. The van der Waals surface area contributed by atoms with E-state index in [0.717, 1.165) is 39.9 Å². The van der Waals surface area contributed by atoms with Crippen molar-refractivity contribution in [2.75, 3.05) is 18.4 Å². The summed E-state index contributed by atoms with van der Waals surface area (Å²) in [5, 5.41) is 5.25. The number of hydrogen-bond donors (Lipinski definition) is 1. The van der Waals surface area contributed by atoms with Gasteiger partial charge < -0.3 is 10.2 Å². The Labute approximate surface area is 170 Å². The van der Waals surface area contributed by atoms with E-state index in [-0.39, 0.29) is 11.9 Å². The number of hydrogen-bond acceptors (Lipinski definition) is 5. The second-order valence-corrected chi connectivity index (χ2v) is 8.26. The molecule has 1 atom stereocenters. The number of aromatic nitrogens is 2. The largest absolute Gasteiger partial charge is 0.352 e. The molecule has 0 saturated carbocycles. The number of anilines is 1. The van der Waals surface area contributed by atoms with Crippen molar-refractivity contribution in [2.45, 2.75) is 18.9 Å². The molecule has 1 saturated heterocycles. The first kappa shape index (κ1) is 18.1. The Kier molecular flexibility index (Phi) is 5.50. The third-order valence-corrected chi connectivity index (χ3v) is 6.06. The number of rotatable bonds is 5. The van der Waals surface area contributed by atoms with Gasteiger partial charge >= 0.3 is 0 Å². The molecule has 0 bridgehead atoms. The van der Waals surface area contributed by atoms with Gasteiger partial charge in [0.05, 0.1) is 10.0 Å². The van der Waals surface area contributed by atoms with E-state index in [9.17, 15) is 4.79 Å². The molecular formula is C20H19BrN4OS. The number of halogens is 1. The fourth-order valence-corrected chi connectivity index (χ4v) is 4.47. The van der Waals surface area contributed by atoms with Crippen LogP contribution in [0.5, 0.6) is 0 Å². The predicted molar refractivity (Wildman–Crippen MR) is 112 cm³/mol. The lowest BCUT2D eigenvalue weighted by atomic mass is 10.1. The van der Waals surface area contributed by atoms with Crippen molar-refractivity contribution in [3.05, 3.63) is 64.2 Å². The van der Waals surface area contributed by atoms with Crippen molar-refractivity contribution in [1.82, 2.24) is 14.9 Å². The van der Waals surface area contributed by atoms with E-state index in [0.29, 0.717) is 12.5 Å². The van der Waals surface area contributed by atoms with Crippen LogP contribution in [0.3, 0.4) is 0 Å². The summed E-state index contributed by atoms with van der Waals surface area (Å²) in [6, 6.07) is 12.2. The molecule has 1 N–H and O–H groups in total. The summed E-state index contributed by atoms with van der Waals surface area (Å²) in [6.07, 6.45) is 5.43. The topological polar surface area (TPSA) is 58.1 Å². The summed E-state index contributed by atoms with van der Waals surface area (Å²) < 4.78 is 0.844.